The highest BCUT2D eigenvalue weighted by atomic mass is 35.5. The molecule has 1 heterocycles. The lowest BCUT2D eigenvalue weighted by atomic mass is 10.2. The van der Waals surface area contributed by atoms with Gasteiger partial charge in [0.05, 0.1) is 5.02 Å². The highest BCUT2D eigenvalue weighted by Gasteiger charge is 2.24. The minimum absolute atomic E-state index is 0.173. The first kappa shape index (κ1) is 18.5. The summed E-state index contributed by atoms with van der Waals surface area (Å²) in [5.41, 5.74) is 0. The van der Waals surface area contributed by atoms with E-state index in [0.29, 0.717) is 17.0 Å². The van der Waals surface area contributed by atoms with Gasteiger partial charge < -0.3 is 10.1 Å². The maximum absolute atomic E-state index is 12.2. The molecule has 1 unspecified atom stereocenters. The molecular formula is C15H14Cl2N2O4S. The van der Waals surface area contributed by atoms with Gasteiger partial charge in [-0.15, -0.1) is 11.3 Å². The van der Waals surface area contributed by atoms with Crippen LogP contribution in [0.5, 0.6) is 0 Å². The summed E-state index contributed by atoms with van der Waals surface area (Å²) in [6.07, 6.45) is -1.15. The Labute approximate surface area is 152 Å². The van der Waals surface area contributed by atoms with E-state index in [1.807, 2.05) is 0 Å². The lowest BCUT2D eigenvalue weighted by Gasteiger charge is -2.12. The highest BCUT2D eigenvalue weighted by molar-refractivity contribution is 7.21. The second kappa shape index (κ2) is 7.83. The summed E-state index contributed by atoms with van der Waals surface area (Å²) in [6.45, 7) is 3.45. The molecule has 0 aliphatic carbocycles. The Kier molecular flexibility index (Phi) is 6.04. The molecule has 2 rings (SSSR count). The van der Waals surface area contributed by atoms with Gasteiger partial charge in [0, 0.05) is 21.7 Å². The van der Waals surface area contributed by atoms with Crippen LogP contribution in [0.3, 0.4) is 0 Å². The molecule has 6 nitrogen and oxygen atoms in total. The van der Waals surface area contributed by atoms with Crippen LogP contribution in [0.25, 0.3) is 10.1 Å². The van der Waals surface area contributed by atoms with Crippen LogP contribution in [0.2, 0.25) is 10.0 Å². The molecule has 1 aromatic heterocycles. The summed E-state index contributed by atoms with van der Waals surface area (Å²) < 4.78 is 5.81. The molecule has 3 amide bonds. The van der Waals surface area contributed by atoms with E-state index >= 15 is 0 Å². The lowest BCUT2D eigenvalue weighted by molar-refractivity contribution is -0.127. The fourth-order valence-electron chi connectivity index (χ4n) is 1.86. The van der Waals surface area contributed by atoms with Crippen molar-refractivity contribution in [1.29, 1.82) is 0 Å². The molecule has 128 valence electrons. The maximum Gasteiger partial charge on any atom is 0.350 e. The third kappa shape index (κ3) is 4.17. The van der Waals surface area contributed by atoms with E-state index in [2.05, 4.69) is 10.6 Å². The van der Waals surface area contributed by atoms with Crippen molar-refractivity contribution in [2.75, 3.05) is 6.54 Å². The first-order valence-corrected chi connectivity index (χ1v) is 8.58. The smallest absolute Gasteiger partial charge is 0.350 e. The van der Waals surface area contributed by atoms with Gasteiger partial charge in [-0.1, -0.05) is 29.3 Å². The Morgan fingerprint density at radius 1 is 1.29 bits per heavy atom. The van der Waals surface area contributed by atoms with Crippen molar-refractivity contribution in [3.8, 4) is 0 Å². The number of urea groups is 1. The van der Waals surface area contributed by atoms with E-state index in [1.54, 1.807) is 25.1 Å². The number of carbonyl (C=O) groups is 3. The number of benzene rings is 1. The summed E-state index contributed by atoms with van der Waals surface area (Å²) in [4.78, 5) is 35.5. The van der Waals surface area contributed by atoms with Crippen molar-refractivity contribution in [1.82, 2.24) is 10.6 Å². The highest BCUT2D eigenvalue weighted by Crippen LogP contribution is 2.37. The Morgan fingerprint density at radius 3 is 2.67 bits per heavy atom. The zero-order valence-corrected chi connectivity index (χ0v) is 15.1. The van der Waals surface area contributed by atoms with Gasteiger partial charge in [0.25, 0.3) is 5.91 Å². The molecule has 0 saturated carbocycles. The number of amides is 3. The maximum atomic E-state index is 12.2. The van der Waals surface area contributed by atoms with E-state index in [1.165, 1.54) is 6.92 Å². The van der Waals surface area contributed by atoms with Crippen LogP contribution < -0.4 is 10.6 Å². The number of nitrogens with one attached hydrogen (secondary N) is 2. The molecule has 24 heavy (non-hydrogen) atoms. The van der Waals surface area contributed by atoms with E-state index < -0.39 is 24.0 Å². The van der Waals surface area contributed by atoms with Crippen LogP contribution >= 0.6 is 34.5 Å². The van der Waals surface area contributed by atoms with Crippen LogP contribution in [-0.4, -0.2) is 30.6 Å². The van der Waals surface area contributed by atoms with Gasteiger partial charge in [-0.2, -0.15) is 0 Å². The molecular weight excluding hydrogens is 375 g/mol. The lowest BCUT2D eigenvalue weighted by Crippen LogP contribution is -2.44. The largest absolute Gasteiger partial charge is 0.448 e. The minimum Gasteiger partial charge on any atom is -0.448 e. The SMILES string of the molecule is CCNC(=O)NC(=O)C(C)OC(=O)c1sc2cc(Cl)ccc2c1Cl. The molecule has 0 aliphatic rings. The minimum atomic E-state index is -1.15. The van der Waals surface area contributed by atoms with E-state index in [-0.39, 0.29) is 9.90 Å². The van der Waals surface area contributed by atoms with Crippen LogP contribution in [0.15, 0.2) is 18.2 Å². The zero-order chi connectivity index (χ0) is 17.9. The topological polar surface area (TPSA) is 84.5 Å². The molecule has 0 spiro atoms. The van der Waals surface area contributed by atoms with Gasteiger partial charge in [0.2, 0.25) is 0 Å². The van der Waals surface area contributed by atoms with Crippen molar-refractivity contribution in [2.45, 2.75) is 20.0 Å². The van der Waals surface area contributed by atoms with Gasteiger partial charge in [0.15, 0.2) is 6.10 Å². The fraction of sp³-hybridized carbons (Fsp3) is 0.267. The Morgan fingerprint density at radius 2 is 2.00 bits per heavy atom. The molecule has 0 bridgehead atoms. The van der Waals surface area contributed by atoms with Gasteiger partial charge in [-0.3, -0.25) is 10.1 Å². The third-order valence-corrected chi connectivity index (χ3v) is 4.88. The van der Waals surface area contributed by atoms with E-state index in [9.17, 15) is 14.4 Å². The van der Waals surface area contributed by atoms with Crippen LogP contribution in [0.1, 0.15) is 23.5 Å². The van der Waals surface area contributed by atoms with Gasteiger partial charge in [-0.05, 0) is 26.0 Å². The zero-order valence-electron chi connectivity index (χ0n) is 12.8. The number of thiophene rings is 1. The number of ether oxygens (including phenoxy) is 1. The van der Waals surface area contributed by atoms with E-state index in [4.69, 9.17) is 27.9 Å². The quantitative estimate of drug-likeness (QED) is 0.783. The standard InChI is InChI=1S/C15H14Cl2N2O4S/c1-3-18-15(22)19-13(20)7(2)23-14(21)12-11(17)9-5-4-8(16)6-10(9)24-12/h4-7H,3H2,1-2H3,(H2,18,19,20,22). The van der Waals surface area contributed by atoms with Gasteiger partial charge in [-0.25, -0.2) is 9.59 Å². The summed E-state index contributed by atoms with van der Waals surface area (Å²) in [5.74, 6) is -1.47. The Balaban J connectivity index is 2.10. The molecule has 9 heteroatoms. The Hall–Kier alpha value is -1.83. The third-order valence-electron chi connectivity index (χ3n) is 3.00. The normalized spacial score (nSPS) is 11.8. The summed E-state index contributed by atoms with van der Waals surface area (Å²) in [6, 6.07) is 4.41. The number of fused-ring (bicyclic) bond motifs is 1. The average molecular weight is 389 g/mol. The van der Waals surface area contributed by atoms with Crippen molar-refractivity contribution >= 4 is 62.5 Å². The van der Waals surface area contributed by atoms with Crippen molar-refractivity contribution in [3.63, 3.8) is 0 Å². The summed E-state index contributed by atoms with van der Waals surface area (Å²) in [7, 11) is 0. The molecule has 0 fully saturated rings. The first-order valence-electron chi connectivity index (χ1n) is 7.00. The second-order valence-corrected chi connectivity index (χ2v) is 6.65. The number of halogens is 2. The molecule has 0 aliphatic heterocycles. The number of rotatable bonds is 4. The first-order chi connectivity index (χ1) is 11.3. The molecule has 2 aromatic rings. The Bertz CT molecular complexity index is 806. The molecule has 1 atom stereocenters. The van der Waals surface area contributed by atoms with Crippen molar-refractivity contribution in [3.05, 3.63) is 33.1 Å². The van der Waals surface area contributed by atoms with Crippen molar-refractivity contribution in [2.24, 2.45) is 0 Å². The van der Waals surface area contributed by atoms with Crippen LogP contribution in [0, 0.1) is 0 Å². The fourth-order valence-corrected chi connectivity index (χ4v) is 3.52. The summed E-state index contributed by atoms with van der Waals surface area (Å²) >= 11 is 13.2. The predicted molar refractivity (Wildman–Crippen MR) is 93.9 cm³/mol. The number of hydrogen-bond donors (Lipinski definition) is 2. The summed E-state index contributed by atoms with van der Waals surface area (Å²) in [5, 5.41) is 5.92. The molecule has 1 aromatic carbocycles. The molecule has 0 radical (unpaired) electrons. The van der Waals surface area contributed by atoms with Gasteiger partial charge in [0.1, 0.15) is 4.88 Å². The molecule has 0 saturated heterocycles. The average Bonchev–Trinajstić information content (AvgIpc) is 2.83. The predicted octanol–water partition coefficient (Wildman–Crippen LogP) is 3.60. The van der Waals surface area contributed by atoms with E-state index in [0.717, 1.165) is 16.0 Å². The number of imide groups is 1. The van der Waals surface area contributed by atoms with Crippen LogP contribution in [-0.2, 0) is 9.53 Å². The second-order valence-electron chi connectivity index (χ2n) is 4.78. The number of hydrogen-bond acceptors (Lipinski definition) is 5. The molecule has 2 N–H and O–H groups in total. The van der Waals surface area contributed by atoms with Crippen molar-refractivity contribution < 1.29 is 19.1 Å². The number of carbonyl (C=O) groups excluding carboxylic acids is 3. The van der Waals surface area contributed by atoms with Gasteiger partial charge >= 0.3 is 12.0 Å². The number of esters is 1. The van der Waals surface area contributed by atoms with Crippen LogP contribution in [0.4, 0.5) is 4.79 Å². The monoisotopic (exact) mass is 388 g/mol.